The summed E-state index contributed by atoms with van der Waals surface area (Å²) < 4.78 is 0. The minimum Gasteiger partial charge on any atom is -0.304 e. The van der Waals surface area contributed by atoms with E-state index in [9.17, 15) is 0 Å². The first-order valence-electron chi connectivity index (χ1n) is 7.54. The molecule has 0 amide bonds. The lowest BCUT2D eigenvalue weighted by Crippen LogP contribution is -2.45. The molecule has 1 aliphatic carbocycles. The van der Waals surface area contributed by atoms with E-state index in [-0.39, 0.29) is 0 Å². The van der Waals surface area contributed by atoms with E-state index in [0.29, 0.717) is 12.1 Å². The number of nitrogens with one attached hydrogen (secondary N) is 2. The van der Waals surface area contributed by atoms with Crippen LogP contribution in [0, 0.1) is 5.92 Å². The predicted molar refractivity (Wildman–Crippen MR) is 71.2 cm³/mol. The molecule has 1 aliphatic heterocycles. The largest absolute Gasteiger partial charge is 0.304 e. The van der Waals surface area contributed by atoms with E-state index in [1.807, 2.05) is 0 Å². The fourth-order valence-electron chi connectivity index (χ4n) is 3.51. The number of rotatable bonds is 3. The highest BCUT2D eigenvalue weighted by atomic mass is 15.2. The van der Waals surface area contributed by atoms with Crippen molar-refractivity contribution in [3.05, 3.63) is 11.6 Å². The lowest BCUT2D eigenvalue weighted by molar-refractivity contribution is 0.173. The van der Waals surface area contributed by atoms with Crippen LogP contribution in [0.3, 0.4) is 0 Å². The summed E-state index contributed by atoms with van der Waals surface area (Å²) in [6, 6.07) is 1.09. The summed E-state index contributed by atoms with van der Waals surface area (Å²) in [6.07, 6.45) is 10.2. The summed E-state index contributed by atoms with van der Waals surface area (Å²) in [7, 11) is 0. The molecule has 2 aliphatic rings. The molecule has 3 rings (SSSR count). The van der Waals surface area contributed by atoms with Crippen LogP contribution in [0.1, 0.15) is 69.6 Å². The highest BCUT2D eigenvalue weighted by Gasteiger charge is 2.33. The molecule has 1 saturated heterocycles. The molecule has 0 bridgehead atoms. The van der Waals surface area contributed by atoms with Gasteiger partial charge in [-0.1, -0.05) is 19.8 Å². The number of aryl methyl sites for hydroxylation is 1. The molecule has 3 unspecified atom stereocenters. The molecule has 1 aromatic rings. The monoisotopic (exact) mass is 248 g/mol. The molecule has 0 radical (unpaired) electrons. The average molecular weight is 248 g/mol. The molecule has 2 heterocycles. The standard InChI is InChI=1S/C14H24N4/c1-2-5-13-16-14(18-17-13)12-9-8-10-6-3-4-7-11(10)15-12/h10-12,15H,2-9H2,1H3,(H,16,17,18). The Labute approximate surface area is 109 Å². The van der Waals surface area contributed by atoms with Crippen molar-refractivity contribution in [2.75, 3.05) is 0 Å². The summed E-state index contributed by atoms with van der Waals surface area (Å²) >= 11 is 0. The van der Waals surface area contributed by atoms with Crippen LogP contribution in [0.2, 0.25) is 0 Å². The van der Waals surface area contributed by atoms with E-state index in [0.717, 1.165) is 30.4 Å². The zero-order chi connectivity index (χ0) is 12.4. The van der Waals surface area contributed by atoms with Crippen molar-refractivity contribution in [2.24, 2.45) is 5.92 Å². The molecule has 1 aromatic heterocycles. The Morgan fingerprint density at radius 3 is 2.94 bits per heavy atom. The Morgan fingerprint density at radius 1 is 1.17 bits per heavy atom. The molecular formula is C14H24N4. The summed E-state index contributed by atoms with van der Waals surface area (Å²) in [5.41, 5.74) is 0. The Morgan fingerprint density at radius 2 is 2.06 bits per heavy atom. The van der Waals surface area contributed by atoms with Crippen LogP contribution in [0.4, 0.5) is 0 Å². The number of hydrogen-bond donors (Lipinski definition) is 2. The molecule has 18 heavy (non-hydrogen) atoms. The van der Waals surface area contributed by atoms with E-state index in [4.69, 9.17) is 0 Å². The van der Waals surface area contributed by atoms with E-state index in [2.05, 4.69) is 27.4 Å². The van der Waals surface area contributed by atoms with Gasteiger partial charge in [-0.05, 0) is 38.0 Å². The fraction of sp³-hybridized carbons (Fsp3) is 0.857. The second kappa shape index (κ2) is 5.39. The van der Waals surface area contributed by atoms with E-state index in [1.165, 1.54) is 38.5 Å². The minimum atomic E-state index is 0.381. The van der Waals surface area contributed by atoms with Crippen LogP contribution in [0.25, 0.3) is 0 Å². The Hall–Kier alpha value is -0.900. The molecule has 3 atom stereocenters. The quantitative estimate of drug-likeness (QED) is 0.864. The number of aromatic nitrogens is 3. The van der Waals surface area contributed by atoms with Gasteiger partial charge in [0.15, 0.2) is 5.82 Å². The van der Waals surface area contributed by atoms with Crippen LogP contribution in [0.15, 0.2) is 0 Å². The molecule has 2 N–H and O–H groups in total. The first kappa shape index (κ1) is 12.2. The number of nitrogens with zero attached hydrogens (tertiary/aromatic N) is 2. The van der Waals surface area contributed by atoms with Crippen LogP contribution >= 0.6 is 0 Å². The summed E-state index contributed by atoms with van der Waals surface area (Å²) in [4.78, 5) is 4.63. The van der Waals surface area contributed by atoms with Crippen molar-refractivity contribution >= 4 is 0 Å². The number of fused-ring (bicyclic) bond motifs is 1. The third-order valence-electron chi connectivity index (χ3n) is 4.50. The lowest BCUT2D eigenvalue weighted by Gasteiger charge is -2.39. The van der Waals surface area contributed by atoms with Crippen molar-refractivity contribution < 1.29 is 0 Å². The minimum absolute atomic E-state index is 0.381. The SMILES string of the molecule is CCCc1nc(C2CCC3CCCCC3N2)n[nH]1. The second-order valence-electron chi connectivity index (χ2n) is 5.84. The van der Waals surface area contributed by atoms with Crippen molar-refractivity contribution in [1.29, 1.82) is 0 Å². The normalized spacial score (nSPS) is 32.2. The van der Waals surface area contributed by atoms with Gasteiger partial charge in [0.1, 0.15) is 5.82 Å². The maximum atomic E-state index is 4.63. The zero-order valence-electron chi connectivity index (χ0n) is 11.3. The van der Waals surface area contributed by atoms with Crippen molar-refractivity contribution in [3.63, 3.8) is 0 Å². The number of H-pyrrole nitrogens is 1. The van der Waals surface area contributed by atoms with Gasteiger partial charge in [-0.15, -0.1) is 0 Å². The van der Waals surface area contributed by atoms with Crippen molar-refractivity contribution in [2.45, 2.75) is 70.4 Å². The lowest BCUT2D eigenvalue weighted by atomic mass is 9.77. The van der Waals surface area contributed by atoms with Gasteiger partial charge >= 0.3 is 0 Å². The number of piperidine rings is 1. The van der Waals surface area contributed by atoms with Gasteiger partial charge in [0.25, 0.3) is 0 Å². The maximum Gasteiger partial charge on any atom is 0.167 e. The molecule has 4 heteroatoms. The first-order valence-corrected chi connectivity index (χ1v) is 7.54. The number of aromatic amines is 1. The highest BCUT2D eigenvalue weighted by Crippen LogP contribution is 2.35. The Balaban J connectivity index is 1.65. The smallest absolute Gasteiger partial charge is 0.167 e. The van der Waals surface area contributed by atoms with Crippen LogP contribution in [-0.2, 0) is 6.42 Å². The number of hydrogen-bond acceptors (Lipinski definition) is 3. The zero-order valence-corrected chi connectivity index (χ0v) is 11.3. The summed E-state index contributed by atoms with van der Waals surface area (Å²) in [6.45, 7) is 2.17. The maximum absolute atomic E-state index is 4.63. The summed E-state index contributed by atoms with van der Waals surface area (Å²) in [5, 5.41) is 11.3. The van der Waals surface area contributed by atoms with Crippen molar-refractivity contribution in [3.8, 4) is 0 Å². The second-order valence-corrected chi connectivity index (χ2v) is 5.84. The van der Waals surface area contributed by atoms with E-state index in [1.54, 1.807) is 0 Å². The molecular weight excluding hydrogens is 224 g/mol. The van der Waals surface area contributed by atoms with Crippen LogP contribution in [0.5, 0.6) is 0 Å². The van der Waals surface area contributed by atoms with Gasteiger partial charge in [-0.3, -0.25) is 5.10 Å². The Kier molecular flexibility index (Phi) is 3.64. The topological polar surface area (TPSA) is 53.6 Å². The van der Waals surface area contributed by atoms with Crippen LogP contribution in [-0.4, -0.2) is 21.2 Å². The van der Waals surface area contributed by atoms with Gasteiger partial charge < -0.3 is 5.32 Å². The van der Waals surface area contributed by atoms with Gasteiger partial charge in [0.05, 0.1) is 6.04 Å². The highest BCUT2D eigenvalue weighted by molar-refractivity contribution is 5.01. The third kappa shape index (κ3) is 2.44. The first-order chi connectivity index (χ1) is 8.86. The molecule has 0 spiro atoms. The van der Waals surface area contributed by atoms with E-state index >= 15 is 0 Å². The summed E-state index contributed by atoms with van der Waals surface area (Å²) in [5.74, 6) is 2.94. The molecule has 2 fully saturated rings. The van der Waals surface area contributed by atoms with Gasteiger partial charge in [0.2, 0.25) is 0 Å². The fourth-order valence-corrected chi connectivity index (χ4v) is 3.51. The van der Waals surface area contributed by atoms with Crippen LogP contribution < -0.4 is 5.32 Å². The van der Waals surface area contributed by atoms with Gasteiger partial charge in [-0.25, -0.2) is 4.98 Å². The van der Waals surface area contributed by atoms with Gasteiger partial charge in [0, 0.05) is 12.5 Å². The molecule has 1 saturated carbocycles. The van der Waals surface area contributed by atoms with Crippen molar-refractivity contribution in [1.82, 2.24) is 20.5 Å². The molecule has 100 valence electrons. The predicted octanol–water partition coefficient (Wildman–Crippen LogP) is 2.74. The Bertz CT molecular complexity index is 387. The molecule has 4 nitrogen and oxygen atoms in total. The van der Waals surface area contributed by atoms with Gasteiger partial charge in [-0.2, -0.15) is 5.10 Å². The molecule has 0 aromatic carbocycles. The van der Waals surface area contributed by atoms with E-state index < -0.39 is 0 Å². The average Bonchev–Trinajstić information content (AvgIpc) is 2.87. The third-order valence-corrected chi connectivity index (χ3v) is 4.50.